The highest BCUT2D eigenvalue weighted by molar-refractivity contribution is 5.45. The predicted octanol–water partition coefficient (Wildman–Crippen LogP) is 1.58. The van der Waals surface area contributed by atoms with E-state index in [1.165, 1.54) is 0 Å². The molecule has 1 heterocycles. The number of phenols is 1. The van der Waals surface area contributed by atoms with Gasteiger partial charge in [0.1, 0.15) is 0 Å². The van der Waals surface area contributed by atoms with Crippen molar-refractivity contribution < 1.29 is 9.84 Å². The van der Waals surface area contributed by atoms with Gasteiger partial charge in [-0.3, -0.25) is 4.90 Å². The molecule has 2 N–H and O–H groups in total. The molecule has 18 heavy (non-hydrogen) atoms. The highest BCUT2D eigenvalue weighted by Gasteiger charge is 2.21. The van der Waals surface area contributed by atoms with Gasteiger partial charge in [0.05, 0.1) is 7.11 Å². The molecule has 4 heteroatoms. The number of benzene rings is 1. The van der Waals surface area contributed by atoms with Crippen LogP contribution in [0.1, 0.15) is 19.4 Å². The maximum absolute atomic E-state index is 10.1. The molecule has 1 aromatic rings. The minimum Gasteiger partial charge on any atom is -0.504 e. The molecular formula is C14H22N2O2. The van der Waals surface area contributed by atoms with Crippen LogP contribution in [0, 0.1) is 0 Å². The number of phenolic OH excluding ortho intramolecular Hbond substituents is 1. The van der Waals surface area contributed by atoms with Crippen LogP contribution in [-0.2, 0) is 6.54 Å². The molecule has 2 atom stereocenters. The summed E-state index contributed by atoms with van der Waals surface area (Å²) < 4.78 is 5.14. The fourth-order valence-electron chi connectivity index (χ4n) is 2.67. The molecule has 1 aromatic carbocycles. The fraction of sp³-hybridized carbons (Fsp3) is 0.571. The number of nitrogens with one attached hydrogen (secondary N) is 1. The second kappa shape index (κ2) is 5.59. The first-order valence-corrected chi connectivity index (χ1v) is 6.43. The van der Waals surface area contributed by atoms with Gasteiger partial charge in [-0.2, -0.15) is 0 Å². The Bertz CT molecular complexity index is 399. The smallest absolute Gasteiger partial charge is 0.162 e. The van der Waals surface area contributed by atoms with E-state index in [-0.39, 0.29) is 5.75 Å². The maximum atomic E-state index is 10.1. The molecule has 1 aliphatic heterocycles. The molecule has 0 spiro atoms. The summed E-state index contributed by atoms with van der Waals surface area (Å²) in [5.74, 6) is 0.808. The zero-order valence-corrected chi connectivity index (χ0v) is 11.3. The highest BCUT2D eigenvalue weighted by atomic mass is 16.5. The lowest BCUT2D eigenvalue weighted by Gasteiger charge is -2.36. The van der Waals surface area contributed by atoms with Gasteiger partial charge in [0.15, 0.2) is 11.5 Å². The molecule has 0 radical (unpaired) electrons. The molecule has 4 nitrogen and oxygen atoms in total. The lowest BCUT2D eigenvalue weighted by Crippen LogP contribution is -2.53. The molecule has 0 bridgehead atoms. The Morgan fingerprint density at radius 3 is 2.61 bits per heavy atom. The van der Waals surface area contributed by atoms with Crippen molar-refractivity contribution in [3.05, 3.63) is 23.8 Å². The summed E-state index contributed by atoms with van der Waals surface area (Å²) in [6, 6.07) is 6.63. The number of aromatic hydroxyl groups is 1. The monoisotopic (exact) mass is 250 g/mol. The van der Waals surface area contributed by atoms with Crippen LogP contribution in [0.15, 0.2) is 18.2 Å². The molecule has 1 fully saturated rings. The zero-order valence-electron chi connectivity index (χ0n) is 11.3. The number of ether oxygens (including phenoxy) is 1. The van der Waals surface area contributed by atoms with Crippen molar-refractivity contribution in [3.8, 4) is 11.5 Å². The van der Waals surface area contributed by atoms with Gasteiger partial charge in [0.2, 0.25) is 0 Å². The van der Waals surface area contributed by atoms with Crippen LogP contribution in [0.4, 0.5) is 0 Å². The van der Waals surface area contributed by atoms with Crippen molar-refractivity contribution in [2.45, 2.75) is 32.5 Å². The molecule has 0 saturated carbocycles. The molecule has 2 rings (SSSR count). The van der Waals surface area contributed by atoms with E-state index in [2.05, 4.69) is 24.1 Å². The third-order valence-corrected chi connectivity index (χ3v) is 3.33. The summed E-state index contributed by atoms with van der Waals surface area (Å²) in [5, 5.41) is 13.6. The van der Waals surface area contributed by atoms with E-state index in [0.29, 0.717) is 17.8 Å². The van der Waals surface area contributed by atoms with Crippen LogP contribution in [0.3, 0.4) is 0 Å². The maximum Gasteiger partial charge on any atom is 0.162 e. The number of nitrogens with zero attached hydrogens (tertiary/aromatic N) is 1. The van der Waals surface area contributed by atoms with E-state index in [4.69, 9.17) is 4.74 Å². The van der Waals surface area contributed by atoms with Crippen molar-refractivity contribution in [1.29, 1.82) is 0 Å². The van der Waals surface area contributed by atoms with Crippen molar-refractivity contribution in [3.63, 3.8) is 0 Å². The Balaban J connectivity index is 2.09. The van der Waals surface area contributed by atoms with Crippen molar-refractivity contribution in [2.75, 3.05) is 20.2 Å². The summed E-state index contributed by atoms with van der Waals surface area (Å²) in [6.07, 6.45) is 0. The topological polar surface area (TPSA) is 44.7 Å². The number of methoxy groups -OCH3 is 1. The molecule has 0 aromatic heterocycles. The molecule has 0 aliphatic carbocycles. The summed E-state index contributed by atoms with van der Waals surface area (Å²) in [5.41, 5.74) is 0.927. The fourth-order valence-corrected chi connectivity index (χ4v) is 2.67. The lowest BCUT2D eigenvalue weighted by atomic mass is 10.1. The number of hydrogen-bond donors (Lipinski definition) is 2. The molecule has 2 unspecified atom stereocenters. The minimum absolute atomic E-state index is 0.263. The van der Waals surface area contributed by atoms with E-state index >= 15 is 0 Å². The largest absolute Gasteiger partial charge is 0.504 e. The van der Waals surface area contributed by atoms with Gasteiger partial charge >= 0.3 is 0 Å². The first-order valence-electron chi connectivity index (χ1n) is 6.43. The Labute approximate surface area is 109 Å². The van der Waals surface area contributed by atoms with Gasteiger partial charge in [-0.15, -0.1) is 0 Å². The first-order chi connectivity index (χ1) is 8.60. The van der Waals surface area contributed by atoms with E-state index in [9.17, 15) is 5.11 Å². The Morgan fingerprint density at radius 1 is 1.33 bits per heavy atom. The van der Waals surface area contributed by atoms with Gasteiger partial charge in [0, 0.05) is 37.3 Å². The Morgan fingerprint density at radius 2 is 2.00 bits per heavy atom. The normalized spacial score (nSPS) is 25.1. The zero-order chi connectivity index (χ0) is 13.1. The van der Waals surface area contributed by atoms with Crippen molar-refractivity contribution in [2.24, 2.45) is 0 Å². The van der Waals surface area contributed by atoms with Crippen LogP contribution < -0.4 is 10.1 Å². The van der Waals surface area contributed by atoms with Gasteiger partial charge < -0.3 is 15.2 Å². The van der Waals surface area contributed by atoms with Crippen LogP contribution in [-0.4, -0.2) is 42.3 Å². The average Bonchev–Trinajstić information content (AvgIpc) is 2.30. The third-order valence-electron chi connectivity index (χ3n) is 3.33. The lowest BCUT2D eigenvalue weighted by molar-refractivity contribution is 0.165. The number of piperazine rings is 1. The van der Waals surface area contributed by atoms with E-state index < -0.39 is 0 Å². The summed E-state index contributed by atoms with van der Waals surface area (Å²) in [4.78, 5) is 2.36. The van der Waals surface area contributed by atoms with E-state index in [1.54, 1.807) is 13.2 Å². The standard InChI is InChI=1S/C14H22N2O2/c1-10-7-16(8-11(2)15-10)9-12-5-4-6-13(18-3)14(12)17/h4-6,10-11,15,17H,7-9H2,1-3H3. The SMILES string of the molecule is COc1cccc(CN2CC(C)NC(C)C2)c1O. The second-order valence-electron chi connectivity index (χ2n) is 5.13. The van der Waals surface area contributed by atoms with Crippen LogP contribution in [0.5, 0.6) is 11.5 Å². The number of hydrogen-bond acceptors (Lipinski definition) is 4. The van der Waals surface area contributed by atoms with E-state index in [0.717, 1.165) is 25.2 Å². The van der Waals surface area contributed by atoms with E-state index in [1.807, 2.05) is 12.1 Å². The van der Waals surface area contributed by atoms with Crippen molar-refractivity contribution >= 4 is 0 Å². The minimum atomic E-state index is 0.263. The average molecular weight is 250 g/mol. The number of para-hydroxylation sites is 1. The molecular weight excluding hydrogens is 228 g/mol. The number of rotatable bonds is 3. The quantitative estimate of drug-likeness (QED) is 0.855. The molecule has 100 valence electrons. The van der Waals surface area contributed by atoms with Crippen LogP contribution in [0.2, 0.25) is 0 Å². The Kier molecular flexibility index (Phi) is 4.09. The third kappa shape index (κ3) is 2.94. The van der Waals surface area contributed by atoms with Crippen LogP contribution in [0.25, 0.3) is 0 Å². The molecule has 0 amide bonds. The van der Waals surface area contributed by atoms with Gasteiger partial charge in [0.25, 0.3) is 0 Å². The summed E-state index contributed by atoms with van der Waals surface area (Å²) >= 11 is 0. The predicted molar refractivity (Wildman–Crippen MR) is 72.0 cm³/mol. The first kappa shape index (κ1) is 13.2. The highest BCUT2D eigenvalue weighted by Crippen LogP contribution is 2.30. The van der Waals surface area contributed by atoms with Gasteiger partial charge in [-0.1, -0.05) is 12.1 Å². The van der Waals surface area contributed by atoms with Crippen molar-refractivity contribution in [1.82, 2.24) is 10.2 Å². The Hall–Kier alpha value is -1.26. The van der Waals surface area contributed by atoms with Crippen LogP contribution >= 0.6 is 0 Å². The van der Waals surface area contributed by atoms with Gasteiger partial charge in [-0.05, 0) is 19.9 Å². The summed E-state index contributed by atoms with van der Waals surface area (Å²) in [7, 11) is 1.58. The summed E-state index contributed by atoms with van der Waals surface area (Å²) in [6.45, 7) is 7.14. The second-order valence-corrected chi connectivity index (χ2v) is 5.13. The molecule has 1 saturated heterocycles. The van der Waals surface area contributed by atoms with Gasteiger partial charge in [-0.25, -0.2) is 0 Å². The molecule has 1 aliphatic rings.